The number of amides is 1. The van der Waals surface area contributed by atoms with Gasteiger partial charge in [0.1, 0.15) is 34.1 Å². The van der Waals surface area contributed by atoms with Crippen LogP contribution in [0.15, 0.2) is 71.9 Å². The van der Waals surface area contributed by atoms with Crippen LogP contribution in [0.5, 0.6) is 28.7 Å². The van der Waals surface area contributed by atoms with E-state index in [1.165, 1.54) is 25.1 Å². The van der Waals surface area contributed by atoms with Crippen molar-refractivity contribution >= 4 is 29.2 Å². The largest absolute Gasteiger partial charge is 0.497 e. The molecule has 0 aliphatic carbocycles. The van der Waals surface area contributed by atoms with E-state index in [4.69, 9.17) is 23.7 Å². The Hall–Kier alpha value is -4.79. The van der Waals surface area contributed by atoms with Gasteiger partial charge >= 0.3 is 0 Å². The molecule has 1 atom stereocenters. The molecule has 1 saturated heterocycles. The highest BCUT2D eigenvalue weighted by molar-refractivity contribution is 7.96. The lowest BCUT2D eigenvalue weighted by Crippen LogP contribution is -2.40. The predicted octanol–water partition coefficient (Wildman–Crippen LogP) is 7.37. The monoisotopic (exact) mass is 740 g/mol. The topological polar surface area (TPSA) is 104 Å². The van der Waals surface area contributed by atoms with Gasteiger partial charge in [0.05, 0.1) is 41.2 Å². The molecule has 0 radical (unpaired) electrons. The second kappa shape index (κ2) is 19.7. The van der Waals surface area contributed by atoms with Gasteiger partial charge in [-0.15, -0.1) is 0 Å². The molecular formula is C38H46F2N4O7S. The molecule has 1 amide bonds. The molecule has 2 heterocycles. The van der Waals surface area contributed by atoms with Crippen LogP contribution in [0.3, 0.4) is 0 Å². The van der Waals surface area contributed by atoms with Gasteiger partial charge in [-0.3, -0.25) is 4.79 Å². The summed E-state index contributed by atoms with van der Waals surface area (Å²) < 4.78 is 62.3. The van der Waals surface area contributed by atoms with E-state index in [9.17, 15) is 13.6 Å². The maximum Gasteiger partial charge on any atom is 0.247 e. The summed E-state index contributed by atoms with van der Waals surface area (Å²) >= 11 is 1.41. The number of anilines is 2. The van der Waals surface area contributed by atoms with E-state index in [0.717, 1.165) is 23.8 Å². The highest BCUT2D eigenvalue weighted by Crippen LogP contribution is 2.38. The maximum atomic E-state index is 14.5. The van der Waals surface area contributed by atoms with Crippen molar-refractivity contribution in [2.45, 2.75) is 43.9 Å². The highest BCUT2D eigenvalue weighted by Gasteiger charge is 2.34. The minimum absolute atomic E-state index is 0.223. The first-order chi connectivity index (χ1) is 25.2. The molecule has 1 aliphatic rings. The van der Waals surface area contributed by atoms with E-state index in [0.29, 0.717) is 71.9 Å². The molecule has 14 heteroatoms. The molecule has 4 aromatic rings. The average molecular weight is 741 g/mol. The third kappa shape index (κ3) is 10.2. The molecule has 1 N–H and O–H groups in total. The Morgan fingerprint density at radius 2 is 1.48 bits per heavy atom. The van der Waals surface area contributed by atoms with Crippen LogP contribution in [-0.2, 0) is 22.6 Å². The van der Waals surface area contributed by atoms with E-state index in [2.05, 4.69) is 19.3 Å². The normalized spacial score (nSPS) is 13.7. The zero-order valence-electron chi connectivity index (χ0n) is 30.5. The smallest absolute Gasteiger partial charge is 0.247 e. The lowest BCUT2D eigenvalue weighted by molar-refractivity contribution is -0.117. The van der Waals surface area contributed by atoms with Crippen LogP contribution >= 0.6 is 11.9 Å². The molecule has 280 valence electrons. The summed E-state index contributed by atoms with van der Waals surface area (Å²) in [5, 5.41) is 3.63. The first kappa shape index (κ1) is 40.0. The van der Waals surface area contributed by atoms with E-state index in [1.54, 1.807) is 58.8 Å². The molecule has 5 rings (SSSR count). The molecule has 3 aromatic carbocycles. The van der Waals surface area contributed by atoms with Crippen LogP contribution in [0, 0.1) is 11.6 Å². The van der Waals surface area contributed by atoms with E-state index >= 15 is 0 Å². The number of carbonyl (C=O) groups is 1. The number of pyridine rings is 1. The number of carbonyl (C=O) groups excluding carboxylic acids is 1. The molecule has 1 aromatic heterocycles. The molecule has 0 spiro atoms. The summed E-state index contributed by atoms with van der Waals surface area (Å²) in [4.78, 5) is 19.9. The standard InChI is InChI=1S/C35H38F2N4O6S.C3H8O/c1-43-25-10-8-22(30(18-25)45-3)20-40(21-23-9-11-26(44-2)19-31(23)46-4)48-32-17-24(14-15-38-32)39-35(42)29-7-6-16-41(29)28-13-12-27(36)33(37)34(28)47-5;1-3-4-2/h8-15,17-19,29H,6-7,16,20-21H2,1-5H3,(H,38,39,42);3H2,1-2H3. The van der Waals surface area contributed by atoms with E-state index < -0.39 is 17.7 Å². The molecule has 1 unspecified atom stereocenters. The van der Waals surface area contributed by atoms with Gasteiger partial charge < -0.3 is 38.6 Å². The summed E-state index contributed by atoms with van der Waals surface area (Å²) in [6, 6.07) is 16.7. The number of benzene rings is 3. The predicted molar refractivity (Wildman–Crippen MR) is 198 cm³/mol. The Labute approximate surface area is 308 Å². The van der Waals surface area contributed by atoms with Gasteiger partial charge in [-0.1, -0.05) is 12.1 Å². The summed E-state index contributed by atoms with van der Waals surface area (Å²) in [5.74, 6) is 0.122. The van der Waals surface area contributed by atoms with Gasteiger partial charge in [0, 0.05) is 68.5 Å². The Morgan fingerprint density at radius 1 is 0.865 bits per heavy atom. The van der Waals surface area contributed by atoms with Crippen molar-refractivity contribution in [3.8, 4) is 28.7 Å². The molecule has 11 nitrogen and oxygen atoms in total. The summed E-state index contributed by atoms with van der Waals surface area (Å²) in [6.45, 7) is 4.21. The van der Waals surface area contributed by atoms with Gasteiger partial charge in [0.2, 0.25) is 11.7 Å². The third-order valence-corrected chi connectivity index (χ3v) is 9.22. The summed E-state index contributed by atoms with van der Waals surface area (Å²) in [7, 11) is 9.40. The molecule has 0 saturated carbocycles. The summed E-state index contributed by atoms with van der Waals surface area (Å²) in [6.07, 6.45) is 2.88. The van der Waals surface area contributed by atoms with Crippen LogP contribution in [0.1, 0.15) is 30.9 Å². The molecular weight excluding hydrogens is 695 g/mol. The first-order valence-corrected chi connectivity index (χ1v) is 17.4. The quantitative estimate of drug-likeness (QED) is 0.124. The minimum atomic E-state index is -1.08. The van der Waals surface area contributed by atoms with Crippen molar-refractivity contribution in [2.75, 3.05) is 66.0 Å². The summed E-state index contributed by atoms with van der Waals surface area (Å²) in [5.41, 5.74) is 2.73. The highest BCUT2D eigenvalue weighted by atomic mass is 32.2. The lowest BCUT2D eigenvalue weighted by Gasteiger charge is -2.27. The lowest BCUT2D eigenvalue weighted by atomic mass is 10.1. The maximum absolute atomic E-state index is 14.5. The number of aromatic nitrogens is 1. The van der Waals surface area contributed by atoms with Gasteiger partial charge in [-0.2, -0.15) is 4.39 Å². The van der Waals surface area contributed by atoms with Crippen molar-refractivity contribution in [2.24, 2.45) is 0 Å². The van der Waals surface area contributed by atoms with Crippen molar-refractivity contribution in [3.05, 3.63) is 89.6 Å². The average Bonchev–Trinajstić information content (AvgIpc) is 3.66. The van der Waals surface area contributed by atoms with Gasteiger partial charge in [0.15, 0.2) is 11.6 Å². The van der Waals surface area contributed by atoms with Crippen molar-refractivity contribution in [1.29, 1.82) is 0 Å². The van der Waals surface area contributed by atoms with Crippen LogP contribution in [0.2, 0.25) is 0 Å². The van der Waals surface area contributed by atoms with Crippen LogP contribution in [-0.4, -0.2) is 77.0 Å². The Kier molecular flexibility index (Phi) is 15.2. The number of ether oxygens (including phenoxy) is 6. The van der Waals surface area contributed by atoms with Crippen LogP contribution in [0.4, 0.5) is 20.2 Å². The van der Waals surface area contributed by atoms with Gasteiger partial charge in [0.25, 0.3) is 0 Å². The zero-order chi connectivity index (χ0) is 37.6. The van der Waals surface area contributed by atoms with Crippen molar-refractivity contribution in [3.63, 3.8) is 0 Å². The minimum Gasteiger partial charge on any atom is -0.497 e. The fourth-order valence-corrected chi connectivity index (χ4v) is 6.59. The SMILES string of the molecule is CCOC.COc1ccc(CN(Cc2ccc(OC)cc2OC)Sc2cc(NC(=O)C3CCCN3c3ccc(F)c(F)c3OC)ccn2)c(OC)c1. The fraction of sp³-hybridized carbons (Fsp3) is 0.368. The van der Waals surface area contributed by atoms with Gasteiger partial charge in [-0.05, 0) is 68.1 Å². The van der Waals surface area contributed by atoms with Crippen molar-refractivity contribution < 1.29 is 42.0 Å². The van der Waals surface area contributed by atoms with Crippen molar-refractivity contribution in [1.82, 2.24) is 9.29 Å². The van der Waals surface area contributed by atoms with E-state index in [1.807, 2.05) is 43.3 Å². The first-order valence-electron chi connectivity index (χ1n) is 16.6. The molecule has 0 bridgehead atoms. The molecule has 1 fully saturated rings. The Balaban J connectivity index is 0.00000144. The molecule has 52 heavy (non-hydrogen) atoms. The van der Waals surface area contributed by atoms with Crippen LogP contribution in [0.25, 0.3) is 0 Å². The molecule has 1 aliphatic heterocycles. The number of rotatable bonds is 15. The Morgan fingerprint density at radius 3 is 2.02 bits per heavy atom. The second-order valence-corrected chi connectivity index (χ2v) is 12.6. The number of nitrogens with zero attached hydrogens (tertiary/aromatic N) is 3. The van der Waals surface area contributed by atoms with Gasteiger partial charge in [-0.25, -0.2) is 13.7 Å². The zero-order valence-corrected chi connectivity index (χ0v) is 31.4. The number of hydrogen-bond acceptors (Lipinski definition) is 11. The number of methoxy groups -OCH3 is 6. The third-order valence-electron chi connectivity index (χ3n) is 8.29. The second-order valence-electron chi connectivity index (χ2n) is 11.5. The number of halogens is 2. The van der Waals surface area contributed by atoms with E-state index in [-0.39, 0.29) is 11.7 Å². The number of nitrogens with one attached hydrogen (secondary N) is 1. The number of hydrogen-bond donors (Lipinski definition) is 1. The van der Waals surface area contributed by atoms with Crippen LogP contribution < -0.4 is 33.9 Å². The fourth-order valence-electron chi connectivity index (χ4n) is 5.63. The Bertz CT molecular complexity index is 1720.